The molecule has 0 radical (unpaired) electrons. The van der Waals surface area contributed by atoms with Crippen LogP contribution in [0, 0.1) is 18.3 Å². The quantitative estimate of drug-likeness (QED) is 0.742. The Bertz CT molecular complexity index is 855. The van der Waals surface area contributed by atoms with Gasteiger partial charge in [0.2, 0.25) is 0 Å². The average Bonchev–Trinajstić information content (AvgIpc) is 2.99. The molecule has 21 heavy (non-hydrogen) atoms. The van der Waals surface area contributed by atoms with Gasteiger partial charge in [0, 0.05) is 11.2 Å². The normalized spacial score (nSPS) is 11.8. The highest BCUT2D eigenvalue weighted by atomic mass is 15.2. The van der Waals surface area contributed by atoms with E-state index in [-0.39, 0.29) is 5.54 Å². The Morgan fingerprint density at radius 3 is 2.62 bits per heavy atom. The molecular weight excluding hydrogens is 262 g/mol. The zero-order chi connectivity index (χ0) is 15.2. The van der Waals surface area contributed by atoms with Crippen molar-refractivity contribution in [2.24, 2.45) is 0 Å². The van der Waals surface area contributed by atoms with Gasteiger partial charge in [-0.2, -0.15) is 10.4 Å². The van der Waals surface area contributed by atoms with E-state index in [9.17, 15) is 0 Å². The molecule has 106 valence electrons. The van der Waals surface area contributed by atoms with Gasteiger partial charge in [-0.25, -0.2) is 4.98 Å². The number of hydrogen-bond acceptors (Lipinski definition) is 3. The Hall–Kier alpha value is -2.61. The molecule has 0 amide bonds. The molecule has 3 rings (SSSR count). The van der Waals surface area contributed by atoms with Crippen LogP contribution in [0.4, 0.5) is 0 Å². The first-order chi connectivity index (χ1) is 9.91. The molecule has 0 bridgehead atoms. The van der Waals surface area contributed by atoms with Crippen LogP contribution in [0.2, 0.25) is 0 Å². The number of nitrogens with zero attached hydrogens (tertiary/aromatic N) is 4. The summed E-state index contributed by atoms with van der Waals surface area (Å²) in [6.45, 7) is 8.41. The van der Waals surface area contributed by atoms with Crippen LogP contribution in [0.5, 0.6) is 0 Å². The van der Waals surface area contributed by atoms with Gasteiger partial charge in [-0.3, -0.25) is 5.10 Å². The van der Waals surface area contributed by atoms with Crippen LogP contribution in [0.3, 0.4) is 0 Å². The van der Waals surface area contributed by atoms with Gasteiger partial charge in [-0.15, -0.1) is 0 Å². The lowest BCUT2D eigenvalue weighted by atomic mass is 10.1. The lowest BCUT2D eigenvalue weighted by Crippen LogP contribution is -2.22. The first kappa shape index (κ1) is 13.4. The standard InChI is InChI=1S/C16H17N5/c1-10-12(9-18-20-10)15-19-13-7-11(8-17)5-6-14(13)21(15)16(2,3)4/h5-7,9H,1-4H3,(H,18,20). The summed E-state index contributed by atoms with van der Waals surface area (Å²) >= 11 is 0. The zero-order valence-corrected chi connectivity index (χ0v) is 12.6. The number of aryl methyl sites for hydroxylation is 1. The third kappa shape index (κ3) is 2.09. The summed E-state index contributed by atoms with van der Waals surface area (Å²) in [4.78, 5) is 4.74. The number of H-pyrrole nitrogens is 1. The van der Waals surface area contributed by atoms with Crippen molar-refractivity contribution in [3.05, 3.63) is 35.7 Å². The zero-order valence-electron chi connectivity index (χ0n) is 12.6. The summed E-state index contributed by atoms with van der Waals surface area (Å²) in [6, 6.07) is 7.79. The molecule has 0 saturated heterocycles. The number of aromatic nitrogens is 4. The Kier molecular flexibility index (Phi) is 2.84. The summed E-state index contributed by atoms with van der Waals surface area (Å²) in [7, 11) is 0. The van der Waals surface area contributed by atoms with Crippen molar-refractivity contribution in [3.8, 4) is 17.5 Å². The topological polar surface area (TPSA) is 70.3 Å². The minimum Gasteiger partial charge on any atom is -0.318 e. The van der Waals surface area contributed by atoms with Crippen molar-refractivity contribution < 1.29 is 0 Å². The van der Waals surface area contributed by atoms with Crippen molar-refractivity contribution in [1.82, 2.24) is 19.7 Å². The lowest BCUT2D eigenvalue weighted by Gasteiger charge is -2.24. The van der Waals surface area contributed by atoms with Crippen molar-refractivity contribution in [2.45, 2.75) is 33.2 Å². The molecule has 0 saturated carbocycles. The summed E-state index contributed by atoms with van der Waals surface area (Å²) in [5, 5.41) is 16.1. The SMILES string of the molecule is Cc1[nH]ncc1-c1nc2cc(C#N)ccc2n1C(C)(C)C. The Morgan fingerprint density at radius 1 is 1.29 bits per heavy atom. The minimum absolute atomic E-state index is 0.123. The smallest absolute Gasteiger partial charge is 0.145 e. The second-order valence-electron chi connectivity index (χ2n) is 6.17. The predicted octanol–water partition coefficient (Wildman–Crippen LogP) is 3.36. The van der Waals surface area contributed by atoms with E-state index in [1.165, 1.54) is 0 Å². The molecule has 5 nitrogen and oxygen atoms in total. The maximum atomic E-state index is 9.06. The molecule has 0 unspecified atom stereocenters. The van der Waals surface area contributed by atoms with E-state index in [0.717, 1.165) is 28.1 Å². The van der Waals surface area contributed by atoms with Crippen LogP contribution < -0.4 is 0 Å². The van der Waals surface area contributed by atoms with Crippen LogP contribution in [-0.4, -0.2) is 19.7 Å². The molecule has 1 aromatic carbocycles. The third-order valence-corrected chi connectivity index (χ3v) is 3.53. The van der Waals surface area contributed by atoms with Crippen LogP contribution in [0.1, 0.15) is 32.0 Å². The van der Waals surface area contributed by atoms with Gasteiger partial charge in [0.05, 0.1) is 34.4 Å². The van der Waals surface area contributed by atoms with Crippen molar-refractivity contribution in [2.75, 3.05) is 0 Å². The molecule has 0 aliphatic rings. The molecule has 1 N–H and O–H groups in total. The van der Waals surface area contributed by atoms with Gasteiger partial charge in [-0.1, -0.05) is 0 Å². The largest absolute Gasteiger partial charge is 0.318 e. The van der Waals surface area contributed by atoms with Crippen LogP contribution in [-0.2, 0) is 5.54 Å². The molecule has 2 heterocycles. The third-order valence-electron chi connectivity index (χ3n) is 3.53. The van der Waals surface area contributed by atoms with E-state index < -0.39 is 0 Å². The van der Waals surface area contributed by atoms with Gasteiger partial charge < -0.3 is 4.57 Å². The van der Waals surface area contributed by atoms with Gasteiger partial charge >= 0.3 is 0 Å². The van der Waals surface area contributed by atoms with E-state index in [4.69, 9.17) is 10.2 Å². The number of imidazole rings is 1. The number of aromatic amines is 1. The van der Waals surface area contributed by atoms with Crippen LogP contribution >= 0.6 is 0 Å². The highest BCUT2D eigenvalue weighted by molar-refractivity contribution is 5.82. The molecule has 0 spiro atoms. The first-order valence-corrected chi connectivity index (χ1v) is 6.85. The monoisotopic (exact) mass is 279 g/mol. The molecule has 0 fully saturated rings. The van der Waals surface area contributed by atoms with Gasteiger partial charge in [0.1, 0.15) is 5.82 Å². The average molecular weight is 279 g/mol. The Balaban J connectivity index is 2.39. The number of benzene rings is 1. The number of hydrogen-bond donors (Lipinski definition) is 1. The minimum atomic E-state index is -0.123. The predicted molar refractivity (Wildman–Crippen MR) is 81.8 cm³/mol. The molecule has 5 heteroatoms. The van der Waals surface area contributed by atoms with E-state index in [0.29, 0.717) is 5.56 Å². The molecular formula is C16H17N5. The second-order valence-corrected chi connectivity index (χ2v) is 6.17. The highest BCUT2D eigenvalue weighted by Gasteiger charge is 2.23. The van der Waals surface area contributed by atoms with E-state index in [1.54, 1.807) is 6.20 Å². The first-order valence-electron chi connectivity index (χ1n) is 6.85. The van der Waals surface area contributed by atoms with E-state index >= 15 is 0 Å². The molecule has 2 aromatic heterocycles. The molecule has 0 aliphatic carbocycles. The Morgan fingerprint density at radius 2 is 2.05 bits per heavy atom. The van der Waals surface area contributed by atoms with Gasteiger partial charge in [0.25, 0.3) is 0 Å². The van der Waals surface area contributed by atoms with Crippen molar-refractivity contribution >= 4 is 11.0 Å². The maximum absolute atomic E-state index is 9.06. The molecule has 0 atom stereocenters. The van der Waals surface area contributed by atoms with E-state index in [1.807, 2.05) is 25.1 Å². The van der Waals surface area contributed by atoms with Gasteiger partial charge in [-0.05, 0) is 45.9 Å². The summed E-state index contributed by atoms with van der Waals surface area (Å²) in [5.41, 5.74) is 4.33. The van der Waals surface area contributed by atoms with Crippen molar-refractivity contribution in [3.63, 3.8) is 0 Å². The summed E-state index contributed by atoms with van der Waals surface area (Å²) in [6.07, 6.45) is 1.80. The van der Waals surface area contributed by atoms with Crippen LogP contribution in [0.25, 0.3) is 22.4 Å². The Labute approximate surface area is 123 Å². The molecule has 3 aromatic rings. The number of nitrogens with one attached hydrogen (secondary N) is 1. The number of nitriles is 1. The summed E-state index contributed by atoms with van der Waals surface area (Å²) in [5.74, 6) is 0.874. The van der Waals surface area contributed by atoms with Crippen LogP contribution in [0.15, 0.2) is 24.4 Å². The van der Waals surface area contributed by atoms with Crippen molar-refractivity contribution in [1.29, 1.82) is 5.26 Å². The van der Waals surface area contributed by atoms with Gasteiger partial charge in [0.15, 0.2) is 0 Å². The number of fused-ring (bicyclic) bond motifs is 1. The fourth-order valence-electron chi connectivity index (χ4n) is 2.59. The second kappa shape index (κ2) is 4.45. The highest BCUT2D eigenvalue weighted by Crippen LogP contribution is 2.32. The molecule has 0 aliphatic heterocycles. The van der Waals surface area contributed by atoms with E-state index in [2.05, 4.69) is 41.6 Å². The number of rotatable bonds is 1. The maximum Gasteiger partial charge on any atom is 0.145 e. The summed E-state index contributed by atoms with van der Waals surface area (Å²) < 4.78 is 2.20. The fourth-order valence-corrected chi connectivity index (χ4v) is 2.59. The lowest BCUT2D eigenvalue weighted by molar-refractivity contribution is 0.413. The fraction of sp³-hybridized carbons (Fsp3) is 0.312.